The van der Waals surface area contributed by atoms with Crippen LogP contribution >= 0.6 is 0 Å². The average Bonchev–Trinajstić information content (AvgIpc) is 2.70. The molecule has 0 bridgehead atoms. The minimum atomic E-state index is -0.207. The van der Waals surface area contributed by atoms with Crippen LogP contribution in [-0.4, -0.2) is 30.8 Å². The van der Waals surface area contributed by atoms with Crippen molar-refractivity contribution in [2.75, 3.05) is 19.7 Å². The van der Waals surface area contributed by atoms with Crippen LogP contribution < -0.4 is 10.6 Å². The molecule has 1 aromatic carbocycles. The maximum atomic E-state index is 11.4. The lowest BCUT2D eigenvalue weighted by Crippen LogP contribution is -2.42. The molecular weight excluding hydrogens is 228 g/mol. The van der Waals surface area contributed by atoms with Gasteiger partial charge in [0.2, 0.25) is 0 Å². The molecule has 0 fully saturated rings. The number of fused-ring (bicyclic) bond motifs is 1. The summed E-state index contributed by atoms with van der Waals surface area (Å²) in [4.78, 5) is 11.4. The van der Waals surface area contributed by atoms with Gasteiger partial charge in [0.25, 0.3) is 0 Å². The summed E-state index contributed by atoms with van der Waals surface area (Å²) < 4.78 is 0. The number of carbonyl (C=O) groups excluding carboxylic acids is 1. The number of amides is 2. The van der Waals surface area contributed by atoms with E-state index in [4.69, 9.17) is 5.11 Å². The Balaban J connectivity index is 1.86. The highest BCUT2D eigenvalue weighted by atomic mass is 16.3. The van der Waals surface area contributed by atoms with Crippen LogP contribution in [-0.2, 0) is 12.8 Å². The molecule has 0 aromatic heterocycles. The highest BCUT2D eigenvalue weighted by molar-refractivity contribution is 5.73. The van der Waals surface area contributed by atoms with Gasteiger partial charge < -0.3 is 15.7 Å². The topological polar surface area (TPSA) is 61.4 Å². The zero-order chi connectivity index (χ0) is 13.0. The fourth-order valence-corrected chi connectivity index (χ4v) is 2.54. The molecule has 2 rings (SSSR count). The second-order valence-corrected chi connectivity index (χ2v) is 5.27. The number of hydrogen-bond acceptors (Lipinski definition) is 2. The Labute approximate surface area is 107 Å². The molecule has 4 heteroatoms. The first-order valence-electron chi connectivity index (χ1n) is 6.32. The van der Waals surface area contributed by atoms with Gasteiger partial charge in [-0.25, -0.2) is 4.79 Å². The van der Waals surface area contributed by atoms with Gasteiger partial charge in [-0.2, -0.15) is 0 Å². The summed E-state index contributed by atoms with van der Waals surface area (Å²) in [6, 6.07) is 8.23. The van der Waals surface area contributed by atoms with E-state index in [1.807, 2.05) is 0 Å². The van der Waals surface area contributed by atoms with Crippen molar-refractivity contribution >= 4 is 6.03 Å². The Kier molecular flexibility index (Phi) is 3.87. The van der Waals surface area contributed by atoms with Gasteiger partial charge in [-0.15, -0.1) is 0 Å². The van der Waals surface area contributed by atoms with E-state index < -0.39 is 0 Å². The maximum absolute atomic E-state index is 11.4. The van der Waals surface area contributed by atoms with Crippen molar-refractivity contribution in [2.45, 2.75) is 19.8 Å². The van der Waals surface area contributed by atoms with Gasteiger partial charge in [-0.1, -0.05) is 31.2 Å². The molecule has 98 valence electrons. The fraction of sp³-hybridized carbons (Fsp3) is 0.500. The van der Waals surface area contributed by atoms with Crippen LogP contribution in [0.5, 0.6) is 0 Å². The fourth-order valence-electron chi connectivity index (χ4n) is 2.54. The van der Waals surface area contributed by atoms with Crippen LogP contribution in [0.2, 0.25) is 0 Å². The third-order valence-corrected chi connectivity index (χ3v) is 3.43. The van der Waals surface area contributed by atoms with Crippen LogP contribution in [0.25, 0.3) is 0 Å². The minimum Gasteiger partial charge on any atom is -0.395 e. The molecule has 0 radical (unpaired) electrons. The minimum absolute atomic E-state index is 0.0316. The quantitative estimate of drug-likeness (QED) is 0.747. The Bertz CT molecular complexity index is 407. The molecule has 4 nitrogen and oxygen atoms in total. The molecule has 0 unspecified atom stereocenters. The molecule has 0 heterocycles. The molecule has 0 saturated heterocycles. The van der Waals surface area contributed by atoms with E-state index in [1.165, 1.54) is 11.1 Å². The number of nitrogens with one attached hydrogen (secondary N) is 2. The number of carbonyl (C=O) groups is 1. The van der Waals surface area contributed by atoms with Gasteiger partial charge in [-0.3, -0.25) is 0 Å². The van der Waals surface area contributed by atoms with Crippen LogP contribution in [0.4, 0.5) is 4.79 Å². The molecule has 0 saturated carbocycles. The molecular formula is C14H20N2O2. The monoisotopic (exact) mass is 248 g/mol. The molecule has 0 atom stereocenters. The molecule has 1 aliphatic carbocycles. The molecule has 0 aliphatic heterocycles. The molecule has 1 aromatic rings. The number of hydrogen-bond donors (Lipinski definition) is 3. The lowest BCUT2D eigenvalue weighted by atomic mass is 9.87. The number of aliphatic hydroxyl groups excluding tert-OH is 1. The third kappa shape index (κ3) is 3.01. The second kappa shape index (κ2) is 5.40. The number of benzene rings is 1. The van der Waals surface area contributed by atoms with Gasteiger partial charge in [0.05, 0.1) is 6.61 Å². The summed E-state index contributed by atoms with van der Waals surface area (Å²) in [5.41, 5.74) is 2.87. The van der Waals surface area contributed by atoms with E-state index in [9.17, 15) is 4.79 Å². The largest absolute Gasteiger partial charge is 0.395 e. The first-order valence-corrected chi connectivity index (χ1v) is 6.32. The summed E-state index contributed by atoms with van der Waals surface area (Å²) in [6.07, 6.45) is 2.01. The highest BCUT2D eigenvalue weighted by Crippen LogP contribution is 2.35. The van der Waals surface area contributed by atoms with E-state index in [2.05, 4.69) is 41.8 Å². The van der Waals surface area contributed by atoms with Crippen molar-refractivity contribution in [2.24, 2.45) is 5.41 Å². The van der Waals surface area contributed by atoms with Crippen LogP contribution in [0.3, 0.4) is 0 Å². The first kappa shape index (κ1) is 12.9. The maximum Gasteiger partial charge on any atom is 0.314 e. The smallest absolute Gasteiger partial charge is 0.314 e. The van der Waals surface area contributed by atoms with Gasteiger partial charge >= 0.3 is 6.03 Å². The van der Waals surface area contributed by atoms with E-state index >= 15 is 0 Å². The van der Waals surface area contributed by atoms with Crippen molar-refractivity contribution in [3.05, 3.63) is 35.4 Å². The SMILES string of the molecule is CC1(CNC(=O)NCCO)Cc2ccccc2C1. The Morgan fingerprint density at radius 1 is 1.28 bits per heavy atom. The standard InChI is InChI=1S/C14H20N2O2/c1-14(10-16-13(18)15-6-7-17)8-11-4-2-3-5-12(11)9-14/h2-5,17H,6-10H2,1H3,(H2,15,16,18). The van der Waals surface area contributed by atoms with Crippen LogP contribution in [0.15, 0.2) is 24.3 Å². The Hall–Kier alpha value is -1.55. The summed E-state index contributed by atoms with van der Waals surface area (Å²) in [7, 11) is 0. The van der Waals surface area contributed by atoms with E-state index in [-0.39, 0.29) is 18.1 Å². The predicted octanol–water partition coefficient (Wildman–Crippen LogP) is 1.08. The summed E-state index contributed by atoms with van der Waals surface area (Å²) in [6.45, 7) is 3.11. The van der Waals surface area contributed by atoms with Crippen molar-refractivity contribution < 1.29 is 9.90 Å². The molecule has 0 spiro atoms. The third-order valence-electron chi connectivity index (χ3n) is 3.43. The Morgan fingerprint density at radius 2 is 1.89 bits per heavy atom. The Morgan fingerprint density at radius 3 is 2.44 bits per heavy atom. The summed E-state index contributed by atoms with van der Waals surface area (Å²) in [5, 5.41) is 14.1. The van der Waals surface area contributed by atoms with E-state index in [0.717, 1.165) is 12.8 Å². The normalized spacial score (nSPS) is 16.1. The van der Waals surface area contributed by atoms with Crippen molar-refractivity contribution in [1.82, 2.24) is 10.6 Å². The van der Waals surface area contributed by atoms with Gasteiger partial charge in [-0.05, 0) is 29.4 Å². The van der Waals surface area contributed by atoms with E-state index in [1.54, 1.807) is 0 Å². The van der Waals surface area contributed by atoms with Gasteiger partial charge in [0.1, 0.15) is 0 Å². The van der Waals surface area contributed by atoms with Gasteiger partial charge in [0, 0.05) is 13.1 Å². The van der Waals surface area contributed by atoms with Crippen molar-refractivity contribution in [3.8, 4) is 0 Å². The molecule has 2 amide bonds. The highest BCUT2D eigenvalue weighted by Gasteiger charge is 2.32. The van der Waals surface area contributed by atoms with Crippen molar-refractivity contribution in [1.29, 1.82) is 0 Å². The van der Waals surface area contributed by atoms with E-state index in [0.29, 0.717) is 13.1 Å². The first-order chi connectivity index (χ1) is 8.63. The zero-order valence-electron chi connectivity index (χ0n) is 10.7. The number of aliphatic hydroxyl groups is 1. The summed E-state index contributed by atoms with van der Waals surface area (Å²) >= 11 is 0. The van der Waals surface area contributed by atoms with Crippen LogP contribution in [0.1, 0.15) is 18.1 Å². The van der Waals surface area contributed by atoms with Crippen LogP contribution in [0, 0.1) is 5.41 Å². The second-order valence-electron chi connectivity index (χ2n) is 5.27. The average molecular weight is 248 g/mol. The lowest BCUT2D eigenvalue weighted by Gasteiger charge is -2.24. The zero-order valence-corrected chi connectivity index (χ0v) is 10.7. The van der Waals surface area contributed by atoms with Gasteiger partial charge in [0.15, 0.2) is 0 Å². The summed E-state index contributed by atoms with van der Waals surface area (Å²) in [5.74, 6) is 0. The number of urea groups is 1. The molecule has 1 aliphatic rings. The molecule has 3 N–H and O–H groups in total. The lowest BCUT2D eigenvalue weighted by molar-refractivity contribution is 0.226. The predicted molar refractivity (Wildman–Crippen MR) is 70.4 cm³/mol. The number of rotatable bonds is 4. The van der Waals surface area contributed by atoms with Crippen molar-refractivity contribution in [3.63, 3.8) is 0 Å². The molecule has 18 heavy (non-hydrogen) atoms.